The molecule has 1 amide bonds. The zero-order chi connectivity index (χ0) is 25.2. The van der Waals surface area contributed by atoms with Crippen molar-refractivity contribution in [3.05, 3.63) is 52.7 Å². The average Bonchev–Trinajstić information content (AvgIpc) is 3.30. The van der Waals surface area contributed by atoms with Gasteiger partial charge in [0.15, 0.2) is 11.6 Å². The molecule has 0 aliphatic carbocycles. The molecular weight excluding hydrogens is 478 g/mol. The molecule has 1 fully saturated rings. The maximum Gasteiger partial charge on any atom is 0.251 e. The van der Waals surface area contributed by atoms with E-state index >= 15 is 0 Å². The molecule has 5 rings (SSSR count). The van der Waals surface area contributed by atoms with Crippen molar-refractivity contribution < 1.29 is 9.53 Å². The number of thiophene rings is 1. The van der Waals surface area contributed by atoms with Crippen molar-refractivity contribution in [3.63, 3.8) is 0 Å². The van der Waals surface area contributed by atoms with Gasteiger partial charge in [0.1, 0.15) is 0 Å². The molecule has 11 nitrogen and oxygen atoms in total. The number of nitrogens with one attached hydrogen (secondary N) is 1. The molecule has 5 N–H and O–H groups in total. The van der Waals surface area contributed by atoms with E-state index in [4.69, 9.17) is 31.6 Å². The van der Waals surface area contributed by atoms with Gasteiger partial charge >= 0.3 is 0 Å². The lowest BCUT2D eigenvalue weighted by Crippen LogP contribution is -2.36. The van der Waals surface area contributed by atoms with Gasteiger partial charge in [-0.15, -0.1) is 11.3 Å². The predicted molar refractivity (Wildman–Crippen MR) is 141 cm³/mol. The van der Waals surface area contributed by atoms with Gasteiger partial charge in [0, 0.05) is 60.4 Å². The number of ether oxygens (including phenoxy) is 1. The van der Waals surface area contributed by atoms with E-state index in [1.54, 1.807) is 17.4 Å². The lowest BCUT2D eigenvalue weighted by molar-refractivity contribution is 0.0999. The standard InChI is InChI=1S/C24H25N9O2S/c1-32(24-28-11-14(12-29-24)21(27)34)13-15-9-19-20(36-15)23(33-5-7-35-8-6-33)31-22(30-19)16-3-2-4-18(26)17(16)10-25/h2-4,9-12,25H,5-8,13,26H2,1H3,(H2,27,34). The Labute approximate surface area is 211 Å². The third-order valence-corrected chi connectivity index (χ3v) is 7.00. The van der Waals surface area contributed by atoms with Crippen molar-refractivity contribution in [2.75, 3.05) is 48.9 Å². The van der Waals surface area contributed by atoms with Crippen molar-refractivity contribution in [1.82, 2.24) is 19.9 Å². The van der Waals surface area contributed by atoms with Gasteiger partial charge in [0.2, 0.25) is 5.95 Å². The topological polar surface area (TPSA) is 160 Å². The monoisotopic (exact) mass is 503 g/mol. The molecule has 1 saturated heterocycles. The molecule has 12 heteroatoms. The molecule has 1 aliphatic rings. The minimum absolute atomic E-state index is 0.262. The molecule has 4 aromatic rings. The molecule has 0 atom stereocenters. The van der Waals surface area contributed by atoms with Gasteiger partial charge in [-0.3, -0.25) is 4.79 Å². The fraction of sp³-hybridized carbons (Fsp3) is 0.250. The van der Waals surface area contributed by atoms with Crippen molar-refractivity contribution in [1.29, 1.82) is 5.41 Å². The van der Waals surface area contributed by atoms with E-state index in [-0.39, 0.29) is 5.56 Å². The summed E-state index contributed by atoms with van der Waals surface area (Å²) in [5, 5.41) is 7.86. The average molecular weight is 504 g/mol. The highest BCUT2D eigenvalue weighted by molar-refractivity contribution is 7.19. The van der Waals surface area contributed by atoms with Crippen molar-refractivity contribution in [2.24, 2.45) is 5.73 Å². The maximum absolute atomic E-state index is 11.3. The third-order valence-electron chi connectivity index (χ3n) is 5.90. The zero-order valence-corrected chi connectivity index (χ0v) is 20.5. The highest BCUT2D eigenvalue weighted by Crippen LogP contribution is 2.36. The van der Waals surface area contributed by atoms with Crippen LogP contribution in [0.25, 0.3) is 21.6 Å². The number of primary amides is 1. The molecule has 0 unspecified atom stereocenters. The summed E-state index contributed by atoms with van der Waals surface area (Å²) in [4.78, 5) is 34.8. The number of amides is 1. The van der Waals surface area contributed by atoms with Crippen LogP contribution in [0.1, 0.15) is 20.8 Å². The number of carbonyl (C=O) groups excluding carboxylic acids is 1. The summed E-state index contributed by atoms with van der Waals surface area (Å²) in [6, 6.07) is 7.54. The van der Waals surface area contributed by atoms with Gasteiger partial charge < -0.3 is 31.4 Å². The Kier molecular flexibility index (Phi) is 6.44. The Morgan fingerprint density at radius 3 is 2.69 bits per heavy atom. The summed E-state index contributed by atoms with van der Waals surface area (Å²) in [6.45, 7) is 3.26. The van der Waals surface area contributed by atoms with Gasteiger partial charge in [-0.1, -0.05) is 12.1 Å². The molecule has 0 spiro atoms. The van der Waals surface area contributed by atoms with Gasteiger partial charge in [-0.05, 0) is 12.1 Å². The van der Waals surface area contributed by atoms with E-state index in [0.29, 0.717) is 48.3 Å². The second kappa shape index (κ2) is 9.84. The van der Waals surface area contributed by atoms with E-state index in [1.165, 1.54) is 18.6 Å². The Bertz CT molecular complexity index is 1430. The van der Waals surface area contributed by atoms with Crippen LogP contribution in [-0.4, -0.2) is 65.4 Å². The van der Waals surface area contributed by atoms with Gasteiger partial charge in [0.05, 0.1) is 35.5 Å². The SMILES string of the molecule is CN(Cc1cc2nc(-c3cccc(N)c3C=N)nc(N3CCOCC3)c2s1)c1ncc(C(N)=O)cn1. The highest BCUT2D eigenvalue weighted by atomic mass is 32.1. The third kappa shape index (κ3) is 4.55. The molecule has 4 heterocycles. The number of hydrogen-bond donors (Lipinski definition) is 3. The van der Waals surface area contributed by atoms with E-state index in [2.05, 4.69) is 14.9 Å². The van der Waals surface area contributed by atoms with E-state index in [1.807, 2.05) is 30.1 Å². The second-order valence-electron chi connectivity index (χ2n) is 8.34. The quantitative estimate of drug-likeness (QED) is 0.254. The highest BCUT2D eigenvalue weighted by Gasteiger charge is 2.22. The number of aromatic nitrogens is 4. The number of hydrogen-bond acceptors (Lipinski definition) is 11. The van der Waals surface area contributed by atoms with Gasteiger partial charge in [0.25, 0.3) is 5.91 Å². The first-order chi connectivity index (χ1) is 17.4. The number of anilines is 3. The van der Waals surface area contributed by atoms with Crippen LogP contribution in [-0.2, 0) is 11.3 Å². The van der Waals surface area contributed by atoms with Gasteiger partial charge in [-0.2, -0.15) is 0 Å². The summed E-state index contributed by atoms with van der Waals surface area (Å²) in [7, 11) is 1.88. The van der Waals surface area contributed by atoms with Gasteiger partial charge in [-0.25, -0.2) is 19.9 Å². The Hall–Kier alpha value is -4.16. The lowest BCUT2D eigenvalue weighted by Gasteiger charge is -2.28. The van der Waals surface area contributed by atoms with Crippen molar-refractivity contribution in [3.8, 4) is 11.4 Å². The van der Waals surface area contributed by atoms with Crippen LogP contribution < -0.4 is 21.3 Å². The molecule has 184 valence electrons. The first-order valence-corrected chi connectivity index (χ1v) is 12.1. The Morgan fingerprint density at radius 1 is 1.25 bits per heavy atom. The molecule has 36 heavy (non-hydrogen) atoms. The molecule has 0 saturated carbocycles. The number of rotatable bonds is 7. The first-order valence-electron chi connectivity index (χ1n) is 11.3. The molecule has 3 aromatic heterocycles. The fourth-order valence-electron chi connectivity index (χ4n) is 4.04. The smallest absolute Gasteiger partial charge is 0.251 e. The van der Waals surface area contributed by atoms with Crippen molar-refractivity contribution in [2.45, 2.75) is 6.54 Å². The Morgan fingerprint density at radius 2 is 2.00 bits per heavy atom. The number of morpholine rings is 1. The van der Waals surface area contributed by atoms with Crippen molar-refractivity contribution >= 4 is 51.1 Å². The second-order valence-corrected chi connectivity index (χ2v) is 9.48. The number of nitrogens with two attached hydrogens (primary N) is 2. The largest absolute Gasteiger partial charge is 0.398 e. The molecule has 0 radical (unpaired) electrons. The van der Waals surface area contributed by atoms with Crippen LogP contribution in [0.2, 0.25) is 0 Å². The molecular formula is C24H25N9O2S. The van der Waals surface area contributed by atoms with Crippen LogP contribution in [0, 0.1) is 5.41 Å². The normalized spacial score (nSPS) is 13.6. The predicted octanol–water partition coefficient (Wildman–Crippen LogP) is 2.30. The first kappa shape index (κ1) is 23.6. The summed E-state index contributed by atoms with van der Waals surface area (Å²) in [6.07, 6.45) is 4.09. The minimum atomic E-state index is -0.565. The fourth-order valence-corrected chi connectivity index (χ4v) is 5.21. The molecule has 0 bridgehead atoms. The maximum atomic E-state index is 11.3. The number of nitrogens with zero attached hydrogens (tertiary/aromatic N) is 6. The molecule has 1 aliphatic heterocycles. The minimum Gasteiger partial charge on any atom is -0.398 e. The summed E-state index contributed by atoms with van der Waals surface area (Å²) in [5.74, 6) is 1.29. The summed E-state index contributed by atoms with van der Waals surface area (Å²) in [5.41, 5.74) is 14.3. The van der Waals surface area contributed by atoms with E-state index in [0.717, 1.165) is 34.0 Å². The van der Waals surface area contributed by atoms with Crippen LogP contribution >= 0.6 is 11.3 Å². The number of carbonyl (C=O) groups is 1. The number of benzene rings is 1. The van der Waals surface area contributed by atoms with Crippen LogP contribution in [0.3, 0.4) is 0 Å². The Balaban J connectivity index is 1.54. The lowest BCUT2D eigenvalue weighted by atomic mass is 10.1. The zero-order valence-electron chi connectivity index (χ0n) is 19.6. The van der Waals surface area contributed by atoms with Crippen LogP contribution in [0.5, 0.6) is 0 Å². The van der Waals surface area contributed by atoms with Crippen LogP contribution in [0.4, 0.5) is 17.5 Å². The van der Waals surface area contributed by atoms with E-state index < -0.39 is 5.91 Å². The number of fused-ring (bicyclic) bond motifs is 1. The number of nitrogen functional groups attached to an aromatic ring is 1. The summed E-state index contributed by atoms with van der Waals surface area (Å²) < 4.78 is 6.53. The van der Waals surface area contributed by atoms with E-state index in [9.17, 15) is 4.79 Å². The van der Waals surface area contributed by atoms with Crippen LogP contribution in [0.15, 0.2) is 36.7 Å². The molecule has 1 aromatic carbocycles. The summed E-state index contributed by atoms with van der Waals surface area (Å²) >= 11 is 1.62.